The fraction of sp³-hybridized carbons (Fsp3) is 0.500. The fourth-order valence-electron chi connectivity index (χ4n) is 3.52. The minimum absolute atomic E-state index is 0.197. The summed E-state index contributed by atoms with van der Waals surface area (Å²) in [5.41, 5.74) is 4.90. The molecule has 0 amide bonds. The van der Waals surface area contributed by atoms with Gasteiger partial charge in [-0.25, -0.2) is 9.97 Å². The number of nitrogens with two attached hydrogens (primary N) is 1. The molecule has 2 aromatic heterocycles. The van der Waals surface area contributed by atoms with E-state index in [1.807, 2.05) is 0 Å². The minimum atomic E-state index is -1.44. The van der Waals surface area contributed by atoms with Gasteiger partial charge in [-0.1, -0.05) is 0 Å². The van der Waals surface area contributed by atoms with Crippen LogP contribution in [0.1, 0.15) is 33.9 Å². The van der Waals surface area contributed by atoms with E-state index in [0.29, 0.717) is 11.0 Å². The van der Waals surface area contributed by atoms with Crippen LogP contribution in [0.25, 0.3) is 11.0 Å². The smallest absolute Gasteiger partial charge is 0.303 e. The van der Waals surface area contributed by atoms with Gasteiger partial charge in [-0.05, 0) is 13.0 Å². The van der Waals surface area contributed by atoms with Crippen molar-refractivity contribution in [2.75, 3.05) is 12.3 Å². The number of ether oxygens (including phenoxy) is 4. The van der Waals surface area contributed by atoms with Crippen LogP contribution in [-0.2, 0) is 33.3 Å². The molecule has 2 N–H and O–H groups in total. The van der Waals surface area contributed by atoms with Crippen molar-refractivity contribution in [1.82, 2.24) is 14.5 Å². The third kappa shape index (κ3) is 3.86. The molecule has 29 heavy (non-hydrogen) atoms. The van der Waals surface area contributed by atoms with Crippen LogP contribution in [0, 0.1) is 0 Å². The molecule has 3 heterocycles. The molecule has 0 saturated carbocycles. The molecule has 0 spiro atoms. The zero-order valence-electron chi connectivity index (χ0n) is 16.4. The van der Waals surface area contributed by atoms with Crippen LogP contribution in [0.5, 0.6) is 0 Å². The fourth-order valence-corrected chi connectivity index (χ4v) is 3.52. The number of aromatic nitrogens is 3. The van der Waals surface area contributed by atoms with Crippen LogP contribution in [0.2, 0.25) is 0 Å². The van der Waals surface area contributed by atoms with Crippen LogP contribution < -0.4 is 5.73 Å². The van der Waals surface area contributed by atoms with Crippen molar-refractivity contribution in [3.63, 3.8) is 0 Å². The first-order chi connectivity index (χ1) is 13.6. The lowest BCUT2D eigenvalue weighted by Gasteiger charge is -2.34. The summed E-state index contributed by atoms with van der Waals surface area (Å²) < 4.78 is 23.8. The van der Waals surface area contributed by atoms with Gasteiger partial charge in [0.25, 0.3) is 0 Å². The number of fused-ring (bicyclic) bond motifs is 1. The molecular weight excluding hydrogens is 384 g/mol. The van der Waals surface area contributed by atoms with Crippen molar-refractivity contribution in [2.24, 2.45) is 0 Å². The highest BCUT2D eigenvalue weighted by molar-refractivity contribution is 5.86. The first-order valence-electron chi connectivity index (χ1n) is 8.86. The van der Waals surface area contributed by atoms with E-state index in [2.05, 4.69) is 9.97 Å². The number of carbonyl (C=O) groups is 3. The number of hydrogen-bond donors (Lipinski definition) is 1. The number of rotatable bonds is 5. The Kier molecular flexibility index (Phi) is 5.42. The van der Waals surface area contributed by atoms with E-state index >= 15 is 0 Å². The summed E-state index contributed by atoms with van der Waals surface area (Å²) >= 11 is 0. The molecule has 11 heteroatoms. The lowest BCUT2D eigenvalue weighted by Crippen LogP contribution is -2.50. The zero-order valence-corrected chi connectivity index (χ0v) is 16.4. The topological polar surface area (TPSA) is 145 Å². The molecule has 156 valence electrons. The van der Waals surface area contributed by atoms with Crippen molar-refractivity contribution in [1.29, 1.82) is 0 Å². The quantitative estimate of drug-likeness (QED) is 0.557. The van der Waals surface area contributed by atoms with Gasteiger partial charge in [0.05, 0.1) is 5.39 Å². The first-order valence-corrected chi connectivity index (χ1v) is 8.86. The second kappa shape index (κ2) is 7.66. The maximum Gasteiger partial charge on any atom is 0.303 e. The molecule has 1 aliphatic rings. The average molecular weight is 406 g/mol. The third-order valence-electron chi connectivity index (χ3n) is 4.60. The van der Waals surface area contributed by atoms with Gasteiger partial charge in [0.1, 0.15) is 30.5 Å². The van der Waals surface area contributed by atoms with E-state index in [0.717, 1.165) is 0 Å². The highest BCUT2D eigenvalue weighted by Crippen LogP contribution is 2.44. The Labute approximate surface area is 166 Å². The van der Waals surface area contributed by atoms with Crippen LogP contribution in [0.15, 0.2) is 18.6 Å². The zero-order chi connectivity index (χ0) is 21.3. The minimum Gasteiger partial charge on any atom is -0.463 e. The van der Waals surface area contributed by atoms with Gasteiger partial charge in [0.2, 0.25) is 0 Å². The Morgan fingerprint density at radius 1 is 1.21 bits per heavy atom. The van der Waals surface area contributed by atoms with Crippen molar-refractivity contribution in [2.45, 2.75) is 51.7 Å². The molecule has 0 radical (unpaired) electrons. The number of nitrogens with zero attached hydrogens (tertiary/aromatic N) is 3. The SMILES string of the molecule is CC(=O)OC[C@H]1OC(n2ccc3c(N)ncnc32)[C@](C)(OC(C)=O)[C@@H]1OC(C)=O. The van der Waals surface area contributed by atoms with E-state index in [4.69, 9.17) is 24.7 Å². The largest absolute Gasteiger partial charge is 0.463 e. The summed E-state index contributed by atoms with van der Waals surface area (Å²) in [6.07, 6.45) is 0.0923. The molecule has 1 unspecified atom stereocenters. The highest BCUT2D eigenvalue weighted by Gasteiger charge is 2.60. The van der Waals surface area contributed by atoms with Gasteiger partial charge < -0.3 is 29.2 Å². The maximum absolute atomic E-state index is 11.9. The number of carbonyl (C=O) groups excluding carboxylic acids is 3. The average Bonchev–Trinajstić information content (AvgIpc) is 3.13. The number of esters is 3. The third-order valence-corrected chi connectivity index (χ3v) is 4.60. The Balaban J connectivity index is 2.09. The highest BCUT2D eigenvalue weighted by atomic mass is 16.7. The molecule has 11 nitrogen and oxygen atoms in total. The summed E-state index contributed by atoms with van der Waals surface area (Å²) in [6, 6.07) is 1.70. The molecule has 0 bridgehead atoms. The van der Waals surface area contributed by atoms with E-state index in [1.54, 1.807) is 23.8 Å². The number of hydrogen-bond acceptors (Lipinski definition) is 10. The first kappa shape index (κ1) is 20.5. The predicted molar refractivity (Wildman–Crippen MR) is 98.2 cm³/mol. The predicted octanol–water partition coefficient (Wildman–Crippen LogP) is 0.727. The molecule has 3 rings (SSSR count). The van der Waals surface area contributed by atoms with Crippen LogP contribution in [0.4, 0.5) is 5.82 Å². The van der Waals surface area contributed by atoms with Gasteiger partial charge >= 0.3 is 17.9 Å². The Morgan fingerprint density at radius 2 is 1.93 bits per heavy atom. The van der Waals surface area contributed by atoms with Gasteiger partial charge in [0.15, 0.2) is 17.9 Å². The lowest BCUT2D eigenvalue weighted by atomic mass is 9.95. The molecule has 4 atom stereocenters. The van der Waals surface area contributed by atoms with Crippen LogP contribution in [-0.4, -0.2) is 56.9 Å². The summed E-state index contributed by atoms with van der Waals surface area (Å²) in [5.74, 6) is -1.46. The van der Waals surface area contributed by atoms with Gasteiger partial charge in [-0.2, -0.15) is 0 Å². The maximum atomic E-state index is 11.9. The van der Waals surface area contributed by atoms with Crippen molar-refractivity contribution < 1.29 is 33.3 Å². The Bertz CT molecular complexity index is 959. The van der Waals surface area contributed by atoms with Crippen molar-refractivity contribution in [3.05, 3.63) is 18.6 Å². The van der Waals surface area contributed by atoms with Crippen LogP contribution in [0.3, 0.4) is 0 Å². The molecule has 1 aliphatic heterocycles. The summed E-state index contributed by atoms with van der Waals surface area (Å²) in [7, 11) is 0. The lowest BCUT2D eigenvalue weighted by molar-refractivity contribution is -0.184. The van der Waals surface area contributed by atoms with E-state index in [-0.39, 0.29) is 12.4 Å². The van der Waals surface area contributed by atoms with Gasteiger partial charge in [0, 0.05) is 27.0 Å². The van der Waals surface area contributed by atoms with Gasteiger partial charge in [-0.3, -0.25) is 14.4 Å². The second-order valence-corrected chi connectivity index (χ2v) is 6.86. The molecule has 1 saturated heterocycles. The summed E-state index contributed by atoms with van der Waals surface area (Å²) in [6.45, 7) is 5.09. The van der Waals surface area contributed by atoms with E-state index in [1.165, 1.54) is 27.1 Å². The Hall–Kier alpha value is -3.21. The van der Waals surface area contributed by atoms with E-state index in [9.17, 15) is 14.4 Å². The standard InChI is InChI=1S/C18H22N4O7/c1-9(23)26-7-13-14(27-10(2)24)18(4,29-11(3)25)17(28-13)22-6-5-12-15(19)20-8-21-16(12)22/h5-6,8,13-14,17H,7H2,1-4H3,(H2,19,20,21)/t13-,14-,17?,18-/m1/s1. The number of anilines is 1. The monoisotopic (exact) mass is 406 g/mol. The van der Waals surface area contributed by atoms with Crippen molar-refractivity contribution >= 4 is 34.8 Å². The summed E-state index contributed by atoms with van der Waals surface area (Å²) in [5, 5.41) is 0.578. The molecule has 0 aliphatic carbocycles. The van der Waals surface area contributed by atoms with Gasteiger partial charge in [-0.15, -0.1) is 0 Å². The second-order valence-electron chi connectivity index (χ2n) is 6.86. The number of nitrogen functional groups attached to an aromatic ring is 1. The summed E-state index contributed by atoms with van der Waals surface area (Å²) in [4.78, 5) is 43.1. The van der Waals surface area contributed by atoms with Crippen molar-refractivity contribution in [3.8, 4) is 0 Å². The molecule has 0 aromatic carbocycles. The Morgan fingerprint density at radius 3 is 2.55 bits per heavy atom. The van der Waals surface area contributed by atoms with Crippen LogP contribution >= 0.6 is 0 Å². The van der Waals surface area contributed by atoms with E-state index < -0.39 is 41.9 Å². The molecular formula is C18H22N4O7. The molecule has 1 fully saturated rings. The molecule has 2 aromatic rings. The normalized spacial score (nSPS) is 26.3.